The molecule has 2 aromatic rings. The van der Waals surface area contributed by atoms with Crippen LogP contribution in [0.3, 0.4) is 0 Å². The zero-order chi connectivity index (χ0) is 6.10. The lowest BCUT2D eigenvalue weighted by Crippen LogP contribution is -2.13. The van der Waals surface area contributed by atoms with Crippen molar-refractivity contribution < 1.29 is 5.10 Å². The lowest BCUT2D eigenvalue weighted by molar-refractivity contribution is -0.478. The third kappa shape index (κ3) is 0.579. The standard InChI is InChI=1S/C6H5N3/c1-2-6-3-5-8-9(6)7-4-1/h1-5H/p+1. The molecule has 9 heavy (non-hydrogen) atoms. The topological polar surface area (TPSA) is 31.4 Å². The fourth-order valence-corrected chi connectivity index (χ4v) is 0.808. The summed E-state index contributed by atoms with van der Waals surface area (Å²) in [5.41, 5.74) is 1.08. The van der Waals surface area contributed by atoms with Crippen molar-refractivity contribution in [1.29, 1.82) is 0 Å². The Bertz CT molecular complexity index is 282. The summed E-state index contributed by atoms with van der Waals surface area (Å²) in [5, 5.41) is 6.92. The summed E-state index contributed by atoms with van der Waals surface area (Å²) in [6.07, 6.45) is 3.59. The Morgan fingerprint density at radius 1 is 1.44 bits per heavy atom. The second kappa shape index (κ2) is 1.55. The molecule has 0 amide bonds. The van der Waals surface area contributed by atoms with Gasteiger partial charge in [-0.25, -0.2) is 0 Å². The Hall–Kier alpha value is -1.38. The highest BCUT2D eigenvalue weighted by molar-refractivity contribution is 5.41. The number of H-pyrrole nitrogens is 1. The Morgan fingerprint density at radius 2 is 2.44 bits per heavy atom. The number of nitrogens with zero attached hydrogens (tertiary/aromatic N) is 2. The highest BCUT2D eigenvalue weighted by atomic mass is 15.4. The summed E-state index contributed by atoms with van der Waals surface area (Å²) in [6, 6.07) is 5.87. The average Bonchev–Trinajstić information content (AvgIpc) is 2.33. The van der Waals surface area contributed by atoms with Gasteiger partial charge in [0, 0.05) is 11.2 Å². The van der Waals surface area contributed by atoms with Crippen LogP contribution < -0.4 is 5.10 Å². The van der Waals surface area contributed by atoms with Gasteiger partial charge in [0.1, 0.15) is 11.7 Å². The number of fused-ring (bicyclic) bond motifs is 1. The molecule has 0 radical (unpaired) electrons. The Labute approximate surface area is 51.9 Å². The lowest BCUT2D eigenvalue weighted by atomic mass is 10.5. The van der Waals surface area contributed by atoms with Crippen molar-refractivity contribution in [3.8, 4) is 0 Å². The molecule has 0 atom stereocenters. The number of aromatic amines is 1. The van der Waals surface area contributed by atoms with Crippen LogP contribution in [0.1, 0.15) is 0 Å². The molecule has 0 bridgehead atoms. The molecule has 44 valence electrons. The van der Waals surface area contributed by atoms with Gasteiger partial charge in [-0.3, -0.25) is 0 Å². The molecular weight excluding hydrogens is 114 g/mol. The van der Waals surface area contributed by atoms with E-state index < -0.39 is 0 Å². The molecule has 0 saturated carbocycles. The minimum atomic E-state index is 1.08. The molecule has 2 rings (SSSR count). The summed E-state index contributed by atoms with van der Waals surface area (Å²) < 4.78 is 1.71. The van der Waals surface area contributed by atoms with Gasteiger partial charge in [0.2, 0.25) is 0 Å². The van der Waals surface area contributed by atoms with Gasteiger partial charge in [0.25, 0.3) is 0 Å². The molecule has 2 aromatic heterocycles. The molecule has 0 aromatic carbocycles. The molecule has 0 aliphatic rings. The molecule has 1 N–H and O–H groups in total. The largest absolute Gasteiger partial charge is 0.173 e. The molecule has 3 heteroatoms. The van der Waals surface area contributed by atoms with Crippen molar-refractivity contribution in [2.45, 2.75) is 0 Å². The van der Waals surface area contributed by atoms with E-state index in [-0.39, 0.29) is 0 Å². The van der Waals surface area contributed by atoms with E-state index >= 15 is 0 Å². The van der Waals surface area contributed by atoms with Crippen LogP contribution in [0.15, 0.2) is 30.6 Å². The SMILES string of the molecule is c1c[nH+]n2nccc2c1. The fraction of sp³-hybridized carbons (Fsp3) is 0. The molecule has 0 saturated heterocycles. The minimum Gasteiger partial charge on any atom is -0.173 e. The van der Waals surface area contributed by atoms with Gasteiger partial charge < -0.3 is 0 Å². The summed E-state index contributed by atoms with van der Waals surface area (Å²) in [6.45, 7) is 0. The quantitative estimate of drug-likeness (QED) is 0.487. The summed E-state index contributed by atoms with van der Waals surface area (Å²) in [5.74, 6) is 0. The van der Waals surface area contributed by atoms with E-state index in [0.717, 1.165) is 5.52 Å². The molecule has 0 unspecified atom stereocenters. The van der Waals surface area contributed by atoms with Crippen molar-refractivity contribution in [2.24, 2.45) is 0 Å². The molecular formula is C6H6N3+. The first-order valence-corrected chi connectivity index (χ1v) is 2.77. The van der Waals surface area contributed by atoms with Crippen LogP contribution >= 0.6 is 0 Å². The van der Waals surface area contributed by atoms with Crippen LogP contribution in [0.4, 0.5) is 0 Å². The van der Waals surface area contributed by atoms with E-state index in [9.17, 15) is 0 Å². The Balaban J connectivity index is 2.95. The Kier molecular flexibility index (Phi) is 0.773. The van der Waals surface area contributed by atoms with Gasteiger partial charge in [-0.1, -0.05) is 0 Å². The first-order valence-electron chi connectivity index (χ1n) is 2.77. The number of hydrogen-bond donors (Lipinski definition) is 0. The van der Waals surface area contributed by atoms with Crippen LogP contribution in [0.25, 0.3) is 5.52 Å². The van der Waals surface area contributed by atoms with Crippen molar-refractivity contribution >= 4 is 5.52 Å². The van der Waals surface area contributed by atoms with E-state index in [1.165, 1.54) is 0 Å². The van der Waals surface area contributed by atoms with Gasteiger partial charge >= 0.3 is 0 Å². The van der Waals surface area contributed by atoms with Crippen molar-refractivity contribution in [1.82, 2.24) is 9.73 Å². The van der Waals surface area contributed by atoms with Crippen LogP contribution in [0.5, 0.6) is 0 Å². The second-order valence-electron chi connectivity index (χ2n) is 1.82. The molecule has 0 aliphatic heterocycles. The first-order chi connectivity index (χ1) is 4.47. The first kappa shape index (κ1) is 4.49. The van der Waals surface area contributed by atoms with Crippen molar-refractivity contribution in [2.75, 3.05) is 0 Å². The van der Waals surface area contributed by atoms with Gasteiger partial charge in [-0.05, 0) is 16.8 Å². The van der Waals surface area contributed by atoms with E-state index in [0.29, 0.717) is 0 Å². The van der Waals surface area contributed by atoms with Crippen LogP contribution in [-0.4, -0.2) is 9.73 Å². The molecule has 0 fully saturated rings. The molecule has 3 nitrogen and oxygen atoms in total. The smallest absolute Gasteiger partial charge is 0.168 e. The third-order valence-electron chi connectivity index (χ3n) is 1.23. The van der Waals surface area contributed by atoms with Gasteiger partial charge in [-0.2, -0.15) is 5.10 Å². The van der Waals surface area contributed by atoms with Gasteiger partial charge in [-0.15, -0.1) is 0 Å². The van der Waals surface area contributed by atoms with E-state index in [1.54, 1.807) is 10.8 Å². The molecule has 0 aliphatic carbocycles. The van der Waals surface area contributed by atoms with Gasteiger partial charge in [0.05, 0.1) is 0 Å². The number of nitrogens with one attached hydrogen (secondary N) is 1. The lowest BCUT2D eigenvalue weighted by Gasteiger charge is -1.78. The van der Waals surface area contributed by atoms with Crippen LogP contribution in [0, 0.1) is 0 Å². The predicted molar refractivity (Wildman–Crippen MR) is 31.7 cm³/mol. The average molecular weight is 120 g/mol. The van der Waals surface area contributed by atoms with Crippen molar-refractivity contribution in [3.05, 3.63) is 30.6 Å². The van der Waals surface area contributed by atoms with Crippen LogP contribution in [-0.2, 0) is 0 Å². The second-order valence-corrected chi connectivity index (χ2v) is 1.82. The van der Waals surface area contributed by atoms with Crippen molar-refractivity contribution in [3.63, 3.8) is 0 Å². The highest BCUT2D eigenvalue weighted by Gasteiger charge is 1.94. The normalized spacial score (nSPS) is 10.2. The maximum Gasteiger partial charge on any atom is 0.168 e. The maximum atomic E-state index is 3.98. The zero-order valence-corrected chi connectivity index (χ0v) is 4.78. The predicted octanol–water partition coefficient (Wildman–Crippen LogP) is 0.148. The molecule has 0 spiro atoms. The number of rotatable bonds is 0. The Morgan fingerprint density at radius 3 is 3.33 bits per heavy atom. The molecule has 2 heterocycles. The number of hydrogen-bond acceptors (Lipinski definition) is 1. The van der Waals surface area contributed by atoms with E-state index in [4.69, 9.17) is 0 Å². The van der Waals surface area contributed by atoms with E-state index in [1.807, 2.05) is 24.4 Å². The minimum absolute atomic E-state index is 1.08. The third-order valence-corrected chi connectivity index (χ3v) is 1.23. The monoisotopic (exact) mass is 120 g/mol. The van der Waals surface area contributed by atoms with Gasteiger partial charge in [0.15, 0.2) is 6.20 Å². The summed E-state index contributed by atoms with van der Waals surface area (Å²) in [4.78, 5) is 0. The zero-order valence-electron chi connectivity index (χ0n) is 4.78. The maximum absolute atomic E-state index is 3.98. The summed E-state index contributed by atoms with van der Waals surface area (Å²) >= 11 is 0. The van der Waals surface area contributed by atoms with Crippen LogP contribution in [0.2, 0.25) is 0 Å². The van der Waals surface area contributed by atoms with E-state index in [2.05, 4.69) is 10.2 Å². The fourth-order valence-electron chi connectivity index (χ4n) is 0.808. The number of aromatic nitrogens is 3. The summed E-state index contributed by atoms with van der Waals surface area (Å²) in [7, 11) is 0. The highest BCUT2D eigenvalue weighted by Crippen LogP contribution is 1.92.